The van der Waals surface area contributed by atoms with Gasteiger partial charge in [-0.2, -0.15) is 0 Å². The van der Waals surface area contributed by atoms with Gasteiger partial charge in [0.2, 0.25) is 0 Å². The summed E-state index contributed by atoms with van der Waals surface area (Å²) >= 11 is 0. The maximum absolute atomic E-state index is 12.7. The number of esters is 1. The summed E-state index contributed by atoms with van der Waals surface area (Å²) in [6, 6.07) is 19.3. The van der Waals surface area contributed by atoms with Crippen molar-refractivity contribution in [1.29, 1.82) is 0 Å². The molecule has 3 aromatic rings. The molecule has 0 fully saturated rings. The first-order valence-electron chi connectivity index (χ1n) is 8.34. The van der Waals surface area contributed by atoms with Crippen molar-refractivity contribution in [3.63, 3.8) is 0 Å². The lowest BCUT2D eigenvalue weighted by Crippen LogP contribution is -2.21. The number of H-pyrrole nitrogens is 1. The molecule has 1 atom stereocenters. The Hall–Kier alpha value is -3.18. The molecule has 132 valence electrons. The van der Waals surface area contributed by atoms with Crippen LogP contribution in [0, 0.1) is 0 Å². The van der Waals surface area contributed by atoms with Crippen molar-refractivity contribution in [2.45, 2.75) is 13.0 Å². The highest BCUT2D eigenvalue weighted by molar-refractivity contribution is 5.96. The van der Waals surface area contributed by atoms with Crippen LogP contribution in [0.25, 0.3) is 11.3 Å². The van der Waals surface area contributed by atoms with Crippen LogP contribution >= 0.6 is 0 Å². The molecular formula is C21H19NO4. The lowest BCUT2D eigenvalue weighted by Gasteiger charge is -2.15. The van der Waals surface area contributed by atoms with E-state index in [0.717, 1.165) is 0 Å². The smallest absolute Gasteiger partial charge is 0.344 e. The van der Waals surface area contributed by atoms with Crippen LogP contribution < -0.4 is 5.43 Å². The van der Waals surface area contributed by atoms with Crippen LogP contribution in [0.2, 0.25) is 0 Å². The molecule has 0 radical (unpaired) electrons. The fourth-order valence-corrected chi connectivity index (χ4v) is 2.77. The Morgan fingerprint density at radius 1 is 1.08 bits per heavy atom. The summed E-state index contributed by atoms with van der Waals surface area (Å²) in [6.07, 6.45) is -1.01. The van der Waals surface area contributed by atoms with Gasteiger partial charge in [-0.1, -0.05) is 60.7 Å². The Kier molecular flexibility index (Phi) is 5.29. The number of ether oxygens (including phenoxy) is 1. The predicted octanol–water partition coefficient (Wildman–Crippen LogP) is 3.30. The molecule has 0 unspecified atom stereocenters. The number of aliphatic hydroxyl groups excluding tert-OH is 1. The van der Waals surface area contributed by atoms with E-state index in [4.69, 9.17) is 4.74 Å². The molecule has 0 saturated heterocycles. The van der Waals surface area contributed by atoms with Crippen LogP contribution in [-0.4, -0.2) is 22.7 Å². The third-order valence-electron chi connectivity index (χ3n) is 4.00. The van der Waals surface area contributed by atoms with E-state index in [1.165, 1.54) is 6.07 Å². The monoisotopic (exact) mass is 349 g/mol. The second-order valence-corrected chi connectivity index (χ2v) is 5.74. The molecule has 5 nitrogen and oxygen atoms in total. The summed E-state index contributed by atoms with van der Waals surface area (Å²) < 4.78 is 5.03. The highest BCUT2D eigenvalue weighted by Gasteiger charge is 2.22. The molecular weight excluding hydrogens is 330 g/mol. The second kappa shape index (κ2) is 7.80. The second-order valence-electron chi connectivity index (χ2n) is 5.74. The lowest BCUT2D eigenvalue weighted by molar-refractivity contribution is 0.0525. The zero-order chi connectivity index (χ0) is 18.5. The fraction of sp³-hybridized carbons (Fsp3) is 0.143. The van der Waals surface area contributed by atoms with E-state index in [1.54, 1.807) is 31.2 Å². The fourth-order valence-electron chi connectivity index (χ4n) is 2.77. The first kappa shape index (κ1) is 17.6. The van der Waals surface area contributed by atoms with Gasteiger partial charge in [0, 0.05) is 6.07 Å². The first-order valence-corrected chi connectivity index (χ1v) is 8.34. The first-order chi connectivity index (χ1) is 12.6. The molecule has 5 heteroatoms. The van der Waals surface area contributed by atoms with Gasteiger partial charge in [0.05, 0.1) is 18.0 Å². The van der Waals surface area contributed by atoms with E-state index >= 15 is 0 Å². The standard InChI is InChI=1S/C21H19NO4/c1-2-26-21(25)18-17(23)13-16(20(24)15-11-7-4-8-12-15)22-19(18)14-9-5-3-6-10-14/h3-13,20,24H,2H2,1H3,(H,22,23)/t20-/m1/s1. The van der Waals surface area contributed by atoms with Crippen LogP contribution in [-0.2, 0) is 4.74 Å². The van der Waals surface area contributed by atoms with Gasteiger partial charge in [-0.25, -0.2) is 4.79 Å². The summed E-state index contributed by atoms with van der Waals surface area (Å²) in [4.78, 5) is 28.0. The molecule has 0 aliphatic rings. The van der Waals surface area contributed by atoms with Gasteiger partial charge in [-0.05, 0) is 18.1 Å². The van der Waals surface area contributed by atoms with Gasteiger partial charge < -0.3 is 14.8 Å². The maximum Gasteiger partial charge on any atom is 0.344 e. The van der Waals surface area contributed by atoms with Gasteiger partial charge >= 0.3 is 5.97 Å². The third-order valence-corrected chi connectivity index (χ3v) is 4.00. The summed E-state index contributed by atoms with van der Waals surface area (Å²) in [5.41, 5.74) is 1.39. The number of carbonyl (C=O) groups is 1. The number of aromatic nitrogens is 1. The Labute approximate surface area is 150 Å². The summed E-state index contributed by atoms with van der Waals surface area (Å²) in [5.74, 6) is -0.687. The van der Waals surface area contributed by atoms with E-state index in [1.807, 2.05) is 36.4 Å². The number of aliphatic hydroxyl groups is 1. The highest BCUT2D eigenvalue weighted by atomic mass is 16.5. The Bertz CT molecular complexity index is 949. The van der Waals surface area contributed by atoms with Crippen LogP contribution in [0.5, 0.6) is 0 Å². The van der Waals surface area contributed by atoms with Crippen molar-refractivity contribution in [2.24, 2.45) is 0 Å². The van der Waals surface area contributed by atoms with Crippen LogP contribution in [0.15, 0.2) is 71.5 Å². The Morgan fingerprint density at radius 3 is 2.31 bits per heavy atom. The van der Waals surface area contributed by atoms with Crippen molar-refractivity contribution in [1.82, 2.24) is 4.98 Å². The number of nitrogens with one attached hydrogen (secondary N) is 1. The van der Waals surface area contributed by atoms with Crippen LogP contribution in [0.1, 0.15) is 34.6 Å². The van der Waals surface area contributed by atoms with Crippen LogP contribution in [0.4, 0.5) is 0 Å². The van der Waals surface area contributed by atoms with Gasteiger partial charge in [0.25, 0.3) is 0 Å². The molecule has 0 bridgehead atoms. The maximum atomic E-state index is 12.7. The molecule has 3 rings (SSSR count). The number of hydrogen-bond donors (Lipinski definition) is 2. The van der Waals surface area contributed by atoms with Crippen molar-refractivity contribution >= 4 is 5.97 Å². The van der Waals surface area contributed by atoms with Crippen molar-refractivity contribution in [2.75, 3.05) is 6.61 Å². The lowest BCUT2D eigenvalue weighted by atomic mass is 10.0. The van der Waals surface area contributed by atoms with Gasteiger partial charge in [-0.3, -0.25) is 4.79 Å². The molecule has 0 aliphatic heterocycles. The number of pyridine rings is 1. The van der Waals surface area contributed by atoms with Gasteiger partial charge in [-0.15, -0.1) is 0 Å². The minimum absolute atomic E-state index is 0.0675. The van der Waals surface area contributed by atoms with Crippen molar-refractivity contribution < 1.29 is 14.6 Å². The molecule has 1 aromatic heterocycles. The molecule has 2 aromatic carbocycles. The van der Waals surface area contributed by atoms with E-state index in [9.17, 15) is 14.7 Å². The van der Waals surface area contributed by atoms with E-state index in [-0.39, 0.29) is 12.2 Å². The van der Waals surface area contributed by atoms with Crippen molar-refractivity contribution in [3.8, 4) is 11.3 Å². The SMILES string of the molecule is CCOC(=O)c1c(-c2ccccc2)[nH]c([C@H](O)c2ccccc2)cc1=O. The minimum Gasteiger partial charge on any atom is -0.462 e. The molecule has 0 amide bonds. The topological polar surface area (TPSA) is 79.4 Å². The normalized spacial score (nSPS) is 11.8. The quantitative estimate of drug-likeness (QED) is 0.693. The molecule has 2 N–H and O–H groups in total. The van der Waals surface area contributed by atoms with E-state index in [2.05, 4.69) is 4.98 Å². The van der Waals surface area contributed by atoms with E-state index < -0.39 is 17.5 Å². The minimum atomic E-state index is -1.01. The molecule has 0 spiro atoms. The number of carbonyl (C=O) groups excluding carboxylic acids is 1. The molecule has 26 heavy (non-hydrogen) atoms. The number of hydrogen-bond acceptors (Lipinski definition) is 4. The Balaban J connectivity index is 2.17. The summed E-state index contributed by atoms with van der Waals surface area (Å²) in [7, 11) is 0. The average molecular weight is 349 g/mol. The third kappa shape index (κ3) is 3.58. The zero-order valence-electron chi connectivity index (χ0n) is 14.3. The zero-order valence-corrected chi connectivity index (χ0v) is 14.3. The van der Waals surface area contributed by atoms with Crippen LogP contribution in [0.3, 0.4) is 0 Å². The Morgan fingerprint density at radius 2 is 1.69 bits per heavy atom. The summed E-state index contributed by atoms with van der Waals surface area (Å²) in [6.45, 7) is 1.85. The predicted molar refractivity (Wildman–Crippen MR) is 99.0 cm³/mol. The number of rotatable bonds is 5. The molecule has 0 saturated carbocycles. The van der Waals surface area contributed by atoms with Gasteiger partial charge in [0.15, 0.2) is 5.43 Å². The van der Waals surface area contributed by atoms with Gasteiger partial charge in [0.1, 0.15) is 11.7 Å². The van der Waals surface area contributed by atoms with E-state index in [0.29, 0.717) is 22.5 Å². The number of benzene rings is 2. The summed E-state index contributed by atoms with van der Waals surface area (Å²) in [5, 5.41) is 10.6. The highest BCUT2D eigenvalue weighted by Crippen LogP contribution is 2.25. The number of aromatic amines is 1. The molecule has 0 aliphatic carbocycles. The van der Waals surface area contributed by atoms with Crippen molar-refractivity contribution in [3.05, 3.63) is 93.8 Å². The largest absolute Gasteiger partial charge is 0.462 e. The average Bonchev–Trinajstić information content (AvgIpc) is 2.68. The molecule has 1 heterocycles.